The van der Waals surface area contributed by atoms with Gasteiger partial charge in [-0.15, -0.1) is 0 Å². The Balaban J connectivity index is 2.25. The first-order valence-corrected chi connectivity index (χ1v) is 7.47. The Morgan fingerprint density at radius 1 is 1.25 bits per heavy atom. The van der Waals surface area contributed by atoms with Gasteiger partial charge in [0, 0.05) is 33.0 Å². The molecule has 0 bridgehead atoms. The van der Waals surface area contributed by atoms with Crippen LogP contribution in [0.25, 0.3) is 0 Å². The molecule has 20 heavy (non-hydrogen) atoms. The van der Waals surface area contributed by atoms with Gasteiger partial charge in [-0.2, -0.15) is 0 Å². The van der Waals surface area contributed by atoms with Gasteiger partial charge in [0.15, 0.2) is 0 Å². The van der Waals surface area contributed by atoms with Gasteiger partial charge >= 0.3 is 0 Å². The largest absolute Gasteiger partial charge is 0.382 e. The zero-order valence-electron chi connectivity index (χ0n) is 13.3. The minimum atomic E-state index is 0.620. The van der Waals surface area contributed by atoms with E-state index < -0.39 is 0 Å². The number of nitrogens with one attached hydrogen (secondary N) is 1. The average molecular weight is 283 g/mol. The van der Waals surface area contributed by atoms with Crippen molar-refractivity contribution in [2.24, 2.45) is 5.92 Å². The lowest BCUT2D eigenvalue weighted by molar-refractivity contribution is 0.0684. The van der Waals surface area contributed by atoms with Crippen LogP contribution in [0.15, 0.2) is 6.20 Å². The van der Waals surface area contributed by atoms with Crippen molar-refractivity contribution in [1.82, 2.24) is 9.55 Å². The number of imidazole rings is 1. The Bertz CT molecular complexity index is 364. The van der Waals surface area contributed by atoms with Crippen LogP contribution in [0.1, 0.15) is 32.4 Å². The van der Waals surface area contributed by atoms with Crippen molar-refractivity contribution in [3.05, 3.63) is 11.9 Å². The van der Waals surface area contributed by atoms with Crippen molar-refractivity contribution in [1.29, 1.82) is 0 Å². The van der Waals surface area contributed by atoms with Crippen LogP contribution in [-0.2, 0) is 16.0 Å². The summed E-state index contributed by atoms with van der Waals surface area (Å²) in [7, 11) is 1.69. The Hall–Kier alpha value is -1.07. The minimum Gasteiger partial charge on any atom is -0.382 e. The highest BCUT2D eigenvalue weighted by Crippen LogP contribution is 2.10. The maximum atomic E-state index is 5.46. The molecule has 116 valence electrons. The number of methoxy groups -OCH3 is 1. The lowest BCUT2D eigenvalue weighted by Gasteiger charge is -2.11. The predicted molar refractivity (Wildman–Crippen MR) is 82.2 cm³/mol. The van der Waals surface area contributed by atoms with E-state index in [9.17, 15) is 0 Å². The summed E-state index contributed by atoms with van der Waals surface area (Å²) in [6.07, 6.45) is 4.26. The highest BCUT2D eigenvalue weighted by Gasteiger charge is 2.05. The topological polar surface area (TPSA) is 48.3 Å². The fourth-order valence-electron chi connectivity index (χ4n) is 1.88. The number of ether oxygens (including phenoxy) is 2. The molecule has 1 heterocycles. The van der Waals surface area contributed by atoms with Crippen LogP contribution in [0.5, 0.6) is 0 Å². The van der Waals surface area contributed by atoms with E-state index in [4.69, 9.17) is 9.47 Å². The number of rotatable bonds is 11. The van der Waals surface area contributed by atoms with Crippen LogP contribution < -0.4 is 5.32 Å². The summed E-state index contributed by atoms with van der Waals surface area (Å²) in [5.74, 6) is 1.60. The SMILES string of the molecule is COCCOCCCCn1cc(C)nc1NCC(C)C. The highest BCUT2D eigenvalue weighted by atomic mass is 16.5. The normalized spacial score (nSPS) is 11.2. The average Bonchev–Trinajstić information content (AvgIpc) is 2.75. The van der Waals surface area contributed by atoms with Gasteiger partial charge in [0.05, 0.1) is 18.9 Å². The maximum absolute atomic E-state index is 5.46. The summed E-state index contributed by atoms with van der Waals surface area (Å²) in [5, 5.41) is 3.41. The van der Waals surface area contributed by atoms with Crippen molar-refractivity contribution in [3.63, 3.8) is 0 Å². The minimum absolute atomic E-state index is 0.620. The third-order valence-corrected chi connectivity index (χ3v) is 2.93. The van der Waals surface area contributed by atoms with Crippen molar-refractivity contribution in [2.45, 2.75) is 40.2 Å². The molecule has 1 rings (SSSR count). The first-order chi connectivity index (χ1) is 9.63. The van der Waals surface area contributed by atoms with Crippen LogP contribution in [0.2, 0.25) is 0 Å². The molecule has 0 fully saturated rings. The Labute approximate surface area is 122 Å². The first-order valence-electron chi connectivity index (χ1n) is 7.47. The van der Waals surface area contributed by atoms with Gasteiger partial charge in [0.25, 0.3) is 0 Å². The van der Waals surface area contributed by atoms with Gasteiger partial charge in [-0.1, -0.05) is 13.8 Å². The molecule has 0 aliphatic rings. The van der Waals surface area contributed by atoms with Gasteiger partial charge in [0.2, 0.25) is 5.95 Å². The van der Waals surface area contributed by atoms with Crippen molar-refractivity contribution in [2.75, 3.05) is 38.8 Å². The standard InChI is InChI=1S/C15H29N3O2/c1-13(2)11-16-15-17-14(3)12-18(15)7-5-6-8-20-10-9-19-4/h12-13H,5-11H2,1-4H3,(H,16,17). The van der Waals surface area contributed by atoms with E-state index in [0.717, 1.165) is 44.2 Å². The number of nitrogens with zero attached hydrogens (tertiary/aromatic N) is 2. The van der Waals surface area contributed by atoms with Gasteiger partial charge in [-0.05, 0) is 25.7 Å². The van der Waals surface area contributed by atoms with Gasteiger partial charge in [-0.25, -0.2) is 4.98 Å². The second-order valence-electron chi connectivity index (χ2n) is 5.49. The number of hydrogen-bond acceptors (Lipinski definition) is 4. The molecule has 0 unspecified atom stereocenters. The first kappa shape index (κ1) is 17.0. The van der Waals surface area contributed by atoms with Gasteiger partial charge < -0.3 is 19.4 Å². The number of anilines is 1. The van der Waals surface area contributed by atoms with Gasteiger partial charge in [0.1, 0.15) is 0 Å². The summed E-state index contributed by atoms with van der Waals surface area (Å²) < 4.78 is 12.6. The van der Waals surface area contributed by atoms with Crippen molar-refractivity contribution in [3.8, 4) is 0 Å². The van der Waals surface area contributed by atoms with Crippen LogP contribution in [0, 0.1) is 12.8 Å². The molecule has 1 N–H and O–H groups in total. The molecule has 1 aromatic heterocycles. The molecule has 0 atom stereocenters. The van der Waals surface area contributed by atoms with Crippen LogP contribution in [-0.4, -0.2) is 43.0 Å². The number of hydrogen-bond donors (Lipinski definition) is 1. The monoisotopic (exact) mass is 283 g/mol. The Morgan fingerprint density at radius 3 is 2.75 bits per heavy atom. The van der Waals surface area contributed by atoms with Crippen LogP contribution >= 0.6 is 0 Å². The number of aryl methyl sites for hydroxylation is 2. The number of aromatic nitrogens is 2. The van der Waals surface area contributed by atoms with E-state index in [1.807, 2.05) is 6.92 Å². The Morgan fingerprint density at radius 2 is 2.05 bits per heavy atom. The molecule has 0 amide bonds. The molecule has 0 aromatic carbocycles. The Kier molecular flexibility index (Phi) is 8.30. The summed E-state index contributed by atoms with van der Waals surface area (Å²) in [4.78, 5) is 4.53. The molecule has 0 saturated heterocycles. The van der Waals surface area contributed by atoms with Crippen molar-refractivity contribution >= 4 is 5.95 Å². The van der Waals surface area contributed by atoms with E-state index in [0.29, 0.717) is 19.1 Å². The van der Waals surface area contributed by atoms with E-state index in [-0.39, 0.29) is 0 Å². The van der Waals surface area contributed by atoms with Crippen molar-refractivity contribution < 1.29 is 9.47 Å². The zero-order chi connectivity index (χ0) is 14.8. The summed E-state index contributed by atoms with van der Waals surface area (Å²) in [6, 6.07) is 0. The lowest BCUT2D eigenvalue weighted by Crippen LogP contribution is -2.13. The molecule has 1 aromatic rings. The fraction of sp³-hybridized carbons (Fsp3) is 0.800. The van der Waals surface area contributed by atoms with Gasteiger partial charge in [-0.3, -0.25) is 0 Å². The van der Waals surface area contributed by atoms with Crippen LogP contribution in [0.3, 0.4) is 0 Å². The summed E-state index contributed by atoms with van der Waals surface area (Å²) in [5.41, 5.74) is 1.06. The second-order valence-corrected chi connectivity index (χ2v) is 5.49. The molecule has 5 nitrogen and oxygen atoms in total. The highest BCUT2D eigenvalue weighted by molar-refractivity contribution is 5.28. The van der Waals surface area contributed by atoms with E-state index in [2.05, 4.69) is 34.9 Å². The maximum Gasteiger partial charge on any atom is 0.203 e. The van der Waals surface area contributed by atoms with Crippen LogP contribution in [0.4, 0.5) is 5.95 Å². The molecular weight excluding hydrogens is 254 g/mol. The smallest absolute Gasteiger partial charge is 0.203 e. The molecule has 0 aliphatic carbocycles. The zero-order valence-corrected chi connectivity index (χ0v) is 13.3. The summed E-state index contributed by atoms with van der Waals surface area (Å²) in [6.45, 7) is 10.5. The van der Waals surface area contributed by atoms with E-state index in [1.54, 1.807) is 7.11 Å². The molecule has 0 aliphatic heterocycles. The van der Waals surface area contributed by atoms with E-state index >= 15 is 0 Å². The second kappa shape index (κ2) is 9.77. The lowest BCUT2D eigenvalue weighted by atomic mass is 10.2. The summed E-state index contributed by atoms with van der Waals surface area (Å²) >= 11 is 0. The molecular formula is C15H29N3O2. The number of unbranched alkanes of at least 4 members (excludes halogenated alkanes) is 1. The predicted octanol–water partition coefficient (Wildman–Crippen LogP) is 2.70. The molecule has 0 spiro atoms. The molecule has 0 saturated carbocycles. The third-order valence-electron chi connectivity index (χ3n) is 2.93. The quantitative estimate of drug-likeness (QED) is 0.634. The van der Waals surface area contributed by atoms with E-state index in [1.165, 1.54) is 0 Å². The molecule has 5 heteroatoms. The third kappa shape index (κ3) is 6.91. The fourth-order valence-corrected chi connectivity index (χ4v) is 1.88. The molecule has 0 radical (unpaired) electrons.